The van der Waals surface area contributed by atoms with Crippen LogP contribution in [0, 0.1) is 0 Å². The van der Waals surface area contributed by atoms with E-state index in [2.05, 4.69) is 19.2 Å². The van der Waals surface area contributed by atoms with E-state index < -0.39 is 0 Å². The third-order valence-electron chi connectivity index (χ3n) is 4.30. The standard InChI is InChI=1S/C19H26N2O3/c1-4-21(5-2)13-12-20-14-17-10-11-18(24-17)15-6-8-16(9-7-15)19(22)23-3/h6-11,20H,4-5,12-14H2,1-3H3/p+2. The Balaban J connectivity index is 1.87. The monoisotopic (exact) mass is 332 g/mol. The fraction of sp³-hybridized carbons (Fsp3) is 0.421. The van der Waals surface area contributed by atoms with Crippen molar-refractivity contribution in [3.8, 4) is 11.3 Å². The Morgan fingerprint density at radius 2 is 1.83 bits per heavy atom. The van der Waals surface area contributed by atoms with Crippen molar-refractivity contribution in [1.29, 1.82) is 0 Å². The molecule has 0 atom stereocenters. The second-order valence-corrected chi connectivity index (χ2v) is 5.82. The first-order valence-corrected chi connectivity index (χ1v) is 8.60. The van der Waals surface area contributed by atoms with Crippen molar-refractivity contribution in [3.05, 3.63) is 47.7 Å². The lowest BCUT2D eigenvalue weighted by molar-refractivity contribution is -0.910. The lowest BCUT2D eigenvalue weighted by atomic mass is 10.1. The Kier molecular flexibility index (Phi) is 7.03. The van der Waals surface area contributed by atoms with Gasteiger partial charge in [-0.3, -0.25) is 0 Å². The fourth-order valence-electron chi connectivity index (χ4n) is 2.69. The van der Waals surface area contributed by atoms with Gasteiger partial charge in [-0.05, 0) is 38.1 Å². The summed E-state index contributed by atoms with van der Waals surface area (Å²) < 4.78 is 10.6. The highest BCUT2D eigenvalue weighted by Gasteiger charge is 2.09. The zero-order chi connectivity index (χ0) is 17.4. The van der Waals surface area contributed by atoms with Gasteiger partial charge in [0.15, 0.2) is 5.76 Å². The van der Waals surface area contributed by atoms with E-state index in [4.69, 9.17) is 9.15 Å². The number of nitrogens with one attached hydrogen (secondary N) is 1. The van der Waals surface area contributed by atoms with Gasteiger partial charge in [0.1, 0.15) is 25.4 Å². The molecule has 24 heavy (non-hydrogen) atoms. The zero-order valence-electron chi connectivity index (χ0n) is 14.8. The number of carbonyl (C=O) groups excluding carboxylic acids is 1. The average Bonchev–Trinajstić information content (AvgIpc) is 3.10. The molecule has 1 heterocycles. The van der Waals surface area contributed by atoms with Crippen LogP contribution in [0.25, 0.3) is 11.3 Å². The molecule has 0 aliphatic heterocycles. The molecule has 5 nitrogen and oxygen atoms in total. The number of quaternary nitrogens is 2. The maximum absolute atomic E-state index is 11.5. The van der Waals surface area contributed by atoms with Crippen LogP contribution in [0.4, 0.5) is 0 Å². The molecule has 3 N–H and O–H groups in total. The summed E-state index contributed by atoms with van der Waals surface area (Å²) in [6.07, 6.45) is 0. The van der Waals surface area contributed by atoms with Gasteiger partial charge < -0.3 is 19.4 Å². The van der Waals surface area contributed by atoms with Crippen LogP contribution in [0.1, 0.15) is 30.0 Å². The first-order valence-electron chi connectivity index (χ1n) is 8.60. The number of rotatable bonds is 9. The number of carbonyl (C=O) groups is 1. The molecule has 0 aliphatic rings. The van der Waals surface area contributed by atoms with Crippen molar-refractivity contribution >= 4 is 5.97 Å². The highest BCUT2D eigenvalue weighted by molar-refractivity contribution is 5.89. The largest absolute Gasteiger partial charge is 0.465 e. The van der Waals surface area contributed by atoms with Gasteiger partial charge in [0, 0.05) is 5.56 Å². The quantitative estimate of drug-likeness (QED) is 0.525. The molecule has 0 amide bonds. The van der Waals surface area contributed by atoms with Crippen LogP contribution in [-0.4, -0.2) is 39.3 Å². The highest BCUT2D eigenvalue weighted by Crippen LogP contribution is 2.22. The predicted octanol–water partition coefficient (Wildman–Crippen LogP) is 0.721. The lowest BCUT2D eigenvalue weighted by Crippen LogP contribution is -3.14. The number of nitrogens with two attached hydrogens (primary N) is 1. The van der Waals surface area contributed by atoms with E-state index >= 15 is 0 Å². The number of benzene rings is 1. The highest BCUT2D eigenvalue weighted by atomic mass is 16.5. The second-order valence-electron chi connectivity index (χ2n) is 5.82. The van der Waals surface area contributed by atoms with Crippen molar-refractivity contribution in [2.24, 2.45) is 0 Å². The molecule has 2 aromatic rings. The molecule has 0 saturated carbocycles. The van der Waals surface area contributed by atoms with Crippen molar-refractivity contribution in [3.63, 3.8) is 0 Å². The van der Waals surface area contributed by atoms with Crippen LogP contribution in [0.5, 0.6) is 0 Å². The Labute approximate surface area is 143 Å². The van der Waals surface area contributed by atoms with Crippen LogP contribution in [0.2, 0.25) is 0 Å². The lowest BCUT2D eigenvalue weighted by Gasteiger charge is -2.13. The van der Waals surface area contributed by atoms with Gasteiger partial charge in [-0.15, -0.1) is 0 Å². The number of hydrogen-bond acceptors (Lipinski definition) is 3. The minimum absolute atomic E-state index is 0.327. The van der Waals surface area contributed by atoms with E-state index in [1.54, 1.807) is 17.0 Å². The maximum Gasteiger partial charge on any atom is 0.337 e. The van der Waals surface area contributed by atoms with Gasteiger partial charge in [0.2, 0.25) is 0 Å². The third-order valence-corrected chi connectivity index (χ3v) is 4.30. The molecular formula is C19H28N2O3+2. The van der Waals surface area contributed by atoms with Crippen LogP contribution in [0.3, 0.4) is 0 Å². The number of likely N-dealkylation sites (N-methyl/N-ethyl adjacent to an activating group) is 1. The van der Waals surface area contributed by atoms with E-state index in [9.17, 15) is 4.79 Å². The molecule has 0 aliphatic carbocycles. The summed E-state index contributed by atoms with van der Waals surface area (Å²) in [5, 5.41) is 2.29. The summed E-state index contributed by atoms with van der Waals surface area (Å²) >= 11 is 0. The van der Waals surface area contributed by atoms with E-state index in [1.807, 2.05) is 24.3 Å². The topological polar surface area (TPSA) is 60.5 Å². The summed E-state index contributed by atoms with van der Waals surface area (Å²) in [7, 11) is 1.38. The minimum atomic E-state index is -0.327. The molecular weight excluding hydrogens is 304 g/mol. The van der Waals surface area contributed by atoms with Crippen molar-refractivity contribution in [1.82, 2.24) is 0 Å². The SMILES string of the molecule is CC[NH+](CC)CC[NH2+]Cc1ccc(-c2ccc(C(=O)OC)cc2)o1. The second kappa shape index (κ2) is 9.25. The number of hydrogen-bond donors (Lipinski definition) is 2. The van der Waals surface area contributed by atoms with Crippen molar-refractivity contribution < 1.29 is 24.2 Å². The summed E-state index contributed by atoms with van der Waals surface area (Å²) in [4.78, 5) is 13.1. The Bertz CT molecular complexity index is 630. The van der Waals surface area contributed by atoms with Crippen LogP contribution in [0.15, 0.2) is 40.8 Å². The summed E-state index contributed by atoms with van der Waals surface area (Å²) in [5.74, 6) is 1.47. The summed E-state index contributed by atoms with van der Waals surface area (Å²) in [6, 6.07) is 11.3. The predicted molar refractivity (Wildman–Crippen MR) is 92.9 cm³/mol. The molecule has 0 radical (unpaired) electrons. The van der Waals surface area contributed by atoms with Gasteiger partial charge in [-0.1, -0.05) is 12.1 Å². The molecule has 5 heteroatoms. The van der Waals surface area contributed by atoms with Crippen molar-refractivity contribution in [2.75, 3.05) is 33.3 Å². The van der Waals surface area contributed by atoms with Gasteiger partial charge in [-0.2, -0.15) is 0 Å². The van der Waals surface area contributed by atoms with Gasteiger partial charge in [-0.25, -0.2) is 4.79 Å². The first kappa shape index (κ1) is 18.2. The van der Waals surface area contributed by atoms with Crippen LogP contribution in [-0.2, 0) is 11.3 Å². The molecule has 0 bridgehead atoms. The van der Waals surface area contributed by atoms with Crippen LogP contribution >= 0.6 is 0 Å². The van der Waals surface area contributed by atoms with Gasteiger partial charge >= 0.3 is 5.97 Å². The number of esters is 1. The summed E-state index contributed by atoms with van der Waals surface area (Å²) in [6.45, 7) is 9.93. The minimum Gasteiger partial charge on any atom is -0.465 e. The maximum atomic E-state index is 11.5. The molecule has 1 aromatic carbocycles. The molecule has 1 aromatic heterocycles. The smallest absolute Gasteiger partial charge is 0.337 e. The van der Waals surface area contributed by atoms with Crippen LogP contribution < -0.4 is 10.2 Å². The molecule has 0 fully saturated rings. The van der Waals surface area contributed by atoms with E-state index in [-0.39, 0.29) is 5.97 Å². The Morgan fingerprint density at radius 1 is 1.12 bits per heavy atom. The molecule has 2 rings (SSSR count). The summed E-state index contributed by atoms with van der Waals surface area (Å²) in [5.41, 5.74) is 1.50. The zero-order valence-corrected chi connectivity index (χ0v) is 14.8. The normalized spacial score (nSPS) is 11.0. The molecule has 0 saturated heterocycles. The van der Waals surface area contributed by atoms with E-state index in [0.717, 1.165) is 30.2 Å². The molecule has 0 unspecified atom stereocenters. The third kappa shape index (κ3) is 4.94. The number of ether oxygens (including phenoxy) is 1. The fourth-order valence-corrected chi connectivity index (χ4v) is 2.69. The van der Waals surface area contributed by atoms with E-state index in [1.165, 1.54) is 26.7 Å². The number of methoxy groups -OCH3 is 1. The Hall–Kier alpha value is -2.11. The molecule has 0 spiro atoms. The van der Waals surface area contributed by atoms with Gasteiger partial charge in [0.25, 0.3) is 0 Å². The molecule has 130 valence electrons. The van der Waals surface area contributed by atoms with E-state index in [0.29, 0.717) is 5.56 Å². The average molecular weight is 332 g/mol. The van der Waals surface area contributed by atoms with Gasteiger partial charge in [0.05, 0.1) is 25.8 Å². The first-order chi connectivity index (χ1) is 11.7. The number of furan rings is 1. The Morgan fingerprint density at radius 3 is 2.46 bits per heavy atom. The van der Waals surface area contributed by atoms with Crippen molar-refractivity contribution in [2.45, 2.75) is 20.4 Å².